The lowest BCUT2D eigenvalue weighted by Crippen LogP contribution is -2.37. The Labute approximate surface area is 94.3 Å². The molecule has 1 spiro atoms. The van der Waals surface area contributed by atoms with Gasteiger partial charge in [0.1, 0.15) is 17.1 Å². The second kappa shape index (κ2) is 3.40. The van der Waals surface area contributed by atoms with Gasteiger partial charge in [-0.2, -0.15) is 0 Å². The van der Waals surface area contributed by atoms with Crippen LogP contribution in [0.2, 0.25) is 0 Å². The maximum Gasteiger partial charge on any atom is 0.176 e. The molecule has 0 bridgehead atoms. The fourth-order valence-corrected chi connectivity index (χ4v) is 2.44. The molecule has 2 aliphatic rings. The van der Waals surface area contributed by atoms with Gasteiger partial charge in [-0.25, -0.2) is 9.98 Å². The van der Waals surface area contributed by atoms with Crippen molar-refractivity contribution in [1.29, 1.82) is 0 Å². The lowest BCUT2D eigenvalue weighted by molar-refractivity contribution is 0.598. The molecule has 1 saturated carbocycles. The normalized spacial score (nSPS) is 22.2. The molecular formula is C12H14N4. The van der Waals surface area contributed by atoms with Gasteiger partial charge in [-0.3, -0.25) is 4.98 Å². The Morgan fingerprint density at radius 1 is 1.19 bits per heavy atom. The zero-order chi connectivity index (χ0) is 11.0. The minimum absolute atomic E-state index is 0.202. The maximum atomic E-state index is 6.01. The molecule has 16 heavy (non-hydrogen) atoms. The summed E-state index contributed by atoms with van der Waals surface area (Å²) >= 11 is 0. The summed E-state index contributed by atoms with van der Waals surface area (Å²) in [5.41, 5.74) is 6.62. The van der Waals surface area contributed by atoms with Crippen LogP contribution in [0.25, 0.3) is 0 Å². The highest BCUT2D eigenvalue weighted by atomic mass is 15.1. The van der Waals surface area contributed by atoms with Gasteiger partial charge in [0.05, 0.1) is 0 Å². The smallest absolute Gasteiger partial charge is 0.176 e. The maximum absolute atomic E-state index is 6.01. The highest BCUT2D eigenvalue weighted by Crippen LogP contribution is 2.36. The van der Waals surface area contributed by atoms with Gasteiger partial charge in [-0.1, -0.05) is 18.9 Å². The van der Waals surface area contributed by atoms with Gasteiger partial charge in [0, 0.05) is 6.20 Å². The second-order valence-corrected chi connectivity index (χ2v) is 4.39. The van der Waals surface area contributed by atoms with Gasteiger partial charge >= 0.3 is 0 Å². The Kier molecular flexibility index (Phi) is 2.02. The van der Waals surface area contributed by atoms with Gasteiger partial charge in [0.15, 0.2) is 5.84 Å². The van der Waals surface area contributed by atoms with E-state index in [1.807, 2.05) is 18.2 Å². The Balaban J connectivity index is 2.00. The number of nitrogens with zero attached hydrogens (tertiary/aromatic N) is 3. The van der Waals surface area contributed by atoms with Gasteiger partial charge in [0.25, 0.3) is 0 Å². The van der Waals surface area contributed by atoms with E-state index in [2.05, 4.69) is 9.98 Å². The van der Waals surface area contributed by atoms with E-state index < -0.39 is 0 Å². The Bertz CT molecular complexity index is 455. The summed E-state index contributed by atoms with van der Waals surface area (Å²) in [6.45, 7) is 0. The first-order chi connectivity index (χ1) is 7.80. The molecule has 1 aliphatic carbocycles. The summed E-state index contributed by atoms with van der Waals surface area (Å²) in [6, 6.07) is 5.75. The van der Waals surface area contributed by atoms with Crippen LogP contribution in [0.1, 0.15) is 31.4 Å². The van der Waals surface area contributed by atoms with Crippen molar-refractivity contribution in [2.24, 2.45) is 15.7 Å². The number of hydrogen-bond donors (Lipinski definition) is 1. The van der Waals surface area contributed by atoms with Crippen LogP contribution in [-0.2, 0) is 0 Å². The largest absolute Gasteiger partial charge is 0.385 e. The van der Waals surface area contributed by atoms with E-state index in [0.29, 0.717) is 11.7 Å². The summed E-state index contributed by atoms with van der Waals surface area (Å²) in [6.07, 6.45) is 6.19. The van der Waals surface area contributed by atoms with Crippen LogP contribution >= 0.6 is 0 Å². The summed E-state index contributed by atoms with van der Waals surface area (Å²) in [5, 5.41) is 0. The molecule has 82 valence electrons. The number of pyridine rings is 1. The van der Waals surface area contributed by atoms with Crippen molar-refractivity contribution in [3.63, 3.8) is 0 Å². The predicted octanol–water partition coefficient (Wildman–Crippen LogP) is 1.51. The van der Waals surface area contributed by atoms with E-state index >= 15 is 0 Å². The standard InChI is InChI=1S/C12H14N4/c13-11-12(6-2-3-7-12)16-10(15-11)9-5-1-4-8-14-9/h1,4-5,8H,2-3,6-7H2,(H2,13,15,16). The molecule has 1 aliphatic heterocycles. The van der Waals surface area contributed by atoms with Gasteiger partial charge in [0.2, 0.25) is 0 Å². The molecule has 0 amide bonds. The van der Waals surface area contributed by atoms with Crippen LogP contribution in [0.3, 0.4) is 0 Å². The third kappa shape index (κ3) is 1.33. The summed E-state index contributed by atoms with van der Waals surface area (Å²) < 4.78 is 0. The van der Waals surface area contributed by atoms with Crippen molar-refractivity contribution in [3.05, 3.63) is 30.1 Å². The fourth-order valence-electron chi connectivity index (χ4n) is 2.44. The third-order valence-electron chi connectivity index (χ3n) is 3.35. The topological polar surface area (TPSA) is 63.6 Å². The Hall–Kier alpha value is -1.71. The third-order valence-corrected chi connectivity index (χ3v) is 3.35. The number of amidine groups is 2. The molecule has 4 heteroatoms. The summed E-state index contributed by atoms with van der Waals surface area (Å²) in [4.78, 5) is 13.3. The van der Waals surface area contributed by atoms with Crippen LogP contribution in [0.15, 0.2) is 34.4 Å². The fraction of sp³-hybridized carbons (Fsp3) is 0.417. The van der Waals surface area contributed by atoms with Crippen LogP contribution in [0, 0.1) is 0 Å². The van der Waals surface area contributed by atoms with E-state index in [-0.39, 0.29) is 5.54 Å². The Morgan fingerprint density at radius 3 is 2.69 bits per heavy atom. The van der Waals surface area contributed by atoms with Crippen molar-refractivity contribution in [1.82, 2.24) is 4.98 Å². The molecule has 2 N–H and O–H groups in total. The monoisotopic (exact) mass is 214 g/mol. The first-order valence-corrected chi connectivity index (χ1v) is 5.66. The molecule has 4 nitrogen and oxygen atoms in total. The quantitative estimate of drug-likeness (QED) is 0.770. The number of hydrogen-bond acceptors (Lipinski definition) is 4. The first-order valence-electron chi connectivity index (χ1n) is 5.66. The molecule has 0 saturated heterocycles. The molecular weight excluding hydrogens is 200 g/mol. The van der Waals surface area contributed by atoms with Gasteiger partial charge in [-0.05, 0) is 25.0 Å². The minimum Gasteiger partial charge on any atom is -0.385 e. The molecule has 3 rings (SSSR count). The van der Waals surface area contributed by atoms with Gasteiger partial charge < -0.3 is 5.73 Å². The lowest BCUT2D eigenvalue weighted by atomic mass is 9.98. The molecule has 1 aromatic rings. The first kappa shape index (κ1) is 9.51. The number of rotatable bonds is 1. The van der Waals surface area contributed by atoms with Crippen molar-refractivity contribution < 1.29 is 0 Å². The van der Waals surface area contributed by atoms with E-state index in [1.165, 1.54) is 12.8 Å². The minimum atomic E-state index is -0.202. The number of nitrogens with two attached hydrogens (primary N) is 1. The highest BCUT2D eigenvalue weighted by Gasteiger charge is 2.41. The SMILES string of the molecule is NC1=NC(c2ccccn2)=NC12CCCC2. The van der Waals surface area contributed by atoms with Gasteiger partial charge in [-0.15, -0.1) is 0 Å². The zero-order valence-corrected chi connectivity index (χ0v) is 9.06. The molecule has 0 radical (unpaired) electrons. The van der Waals surface area contributed by atoms with Crippen LogP contribution in [-0.4, -0.2) is 22.2 Å². The van der Waals surface area contributed by atoms with E-state index in [4.69, 9.17) is 10.7 Å². The molecule has 0 unspecified atom stereocenters. The average molecular weight is 214 g/mol. The second-order valence-electron chi connectivity index (χ2n) is 4.39. The summed E-state index contributed by atoms with van der Waals surface area (Å²) in [7, 11) is 0. The molecule has 1 fully saturated rings. The Morgan fingerprint density at radius 2 is 2.00 bits per heavy atom. The molecule has 0 atom stereocenters. The molecule has 1 aromatic heterocycles. The van der Waals surface area contributed by atoms with Crippen molar-refractivity contribution in [2.45, 2.75) is 31.2 Å². The average Bonchev–Trinajstić information content (AvgIpc) is 2.91. The molecule has 2 heterocycles. The van der Waals surface area contributed by atoms with Crippen molar-refractivity contribution in [3.8, 4) is 0 Å². The highest BCUT2D eigenvalue weighted by molar-refractivity contribution is 6.12. The summed E-state index contributed by atoms with van der Waals surface area (Å²) in [5.74, 6) is 1.37. The van der Waals surface area contributed by atoms with Crippen LogP contribution in [0.4, 0.5) is 0 Å². The predicted molar refractivity (Wildman–Crippen MR) is 63.6 cm³/mol. The van der Waals surface area contributed by atoms with Crippen LogP contribution < -0.4 is 5.73 Å². The zero-order valence-electron chi connectivity index (χ0n) is 9.06. The molecule has 0 aromatic carbocycles. The lowest BCUT2D eigenvalue weighted by Gasteiger charge is -2.18. The number of aliphatic imine (C=N–C) groups is 2. The van der Waals surface area contributed by atoms with Crippen LogP contribution in [0.5, 0.6) is 0 Å². The van der Waals surface area contributed by atoms with E-state index in [1.54, 1.807) is 6.20 Å². The number of aromatic nitrogens is 1. The van der Waals surface area contributed by atoms with Crippen molar-refractivity contribution in [2.75, 3.05) is 0 Å². The van der Waals surface area contributed by atoms with E-state index in [0.717, 1.165) is 18.5 Å². The van der Waals surface area contributed by atoms with Crippen molar-refractivity contribution >= 4 is 11.7 Å². The van der Waals surface area contributed by atoms with E-state index in [9.17, 15) is 0 Å².